The fourth-order valence-electron chi connectivity index (χ4n) is 3.01. The number of halogens is 1. The molecule has 0 spiro atoms. The minimum absolute atomic E-state index is 0.0174. The van der Waals surface area contributed by atoms with Gasteiger partial charge in [0.05, 0.1) is 9.92 Å². The van der Waals surface area contributed by atoms with E-state index in [0.29, 0.717) is 12.1 Å². The number of hydrogen-bond donors (Lipinski definition) is 0. The van der Waals surface area contributed by atoms with Gasteiger partial charge in [-0.1, -0.05) is 29.3 Å². The molecule has 2 aromatic carbocycles. The van der Waals surface area contributed by atoms with Crippen LogP contribution in [0.4, 0.5) is 5.69 Å². The summed E-state index contributed by atoms with van der Waals surface area (Å²) in [5, 5.41) is 0.128. The van der Waals surface area contributed by atoms with E-state index in [2.05, 4.69) is 6.07 Å². The summed E-state index contributed by atoms with van der Waals surface area (Å²) >= 11 is 5.97. The number of sulfone groups is 1. The summed E-state index contributed by atoms with van der Waals surface area (Å²) in [5.41, 5.74) is 3.53. The molecule has 0 saturated carbocycles. The molecular formula is C18H18ClNO3S. The third kappa shape index (κ3) is 3.19. The van der Waals surface area contributed by atoms with Gasteiger partial charge in [-0.15, -0.1) is 0 Å². The van der Waals surface area contributed by atoms with Crippen LogP contribution in [-0.4, -0.2) is 27.1 Å². The standard InChI is InChI=1S/C18H18ClNO3S/c1-12-5-8-16-13(10-12)4-3-9-20(16)18(21)14-6-7-15(19)17(11-14)24(2,22)23/h5-8,10-11H,3-4,9H2,1-2H3. The third-order valence-electron chi connectivity index (χ3n) is 4.18. The summed E-state index contributed by atoms with van der Waals surface area (Å²) in [6.07, 6.45) is 2.91. The van der Waals surface area contributed by atoms with Gasteiger partial charge >= 0.3 is 0 Å². The van der Waals surface area contributed by atoms with Crippen LogP contribution in [0.25, 0.3) is 0 Å². The van der Waals surface area contributed by atoms with Crippen LogP contribution in [0.15, 0.2) is 41.3 Å². The normalized spacial score (nSPS) is 14.4. The van der Waals surface area contributed by atoms with Gasteiger partial charge in [-0.3, -0.25) is 4.79 Å². The molecule has 0 aliphatic carbocycles. The first kappa shape index (κ1) is 17.0. The maximum atomic E-state index is 12.9. The average molecular weight is 364 g/mol. The molecule has 1 aliphatic heterocycles. The highest BCUT2D eigenvalue weighted by atomic mass is 35.5. The number of nitrogens with zero attached hydrogens (tertiary/aromatic N) is 1. The molecule has 0 fully saturated rings. The van der Waals surface area contributed by atoms with Gasteiger partial charge in [0.2, 0.25) is 0 Å². The van der Waals surface area contributed by atoms with E-state index in [1.54, 1.807) is 11.0 Å². The molecular weight excluding hydrogens is 346 g/mol. The van der Waals surface area contributed by atoms with E-state index in [0.717, 1.165) is 35.9 Å². The molecule has 1 heterocycles. The largest absolute Gasteiger partial charge is 0.308 e. The first-order valence-corrected chi connectivity index (χ1v) is 9.95. The van der Waals surface area contributed by atoms with Crippen molar-refractivity contribution in [2.45, 2.75) is 24.7 Å². The zero-order valence-corrected chi connectivity index (χ0v) is 15.1. The molecule has 0 bridgehead atoms. The van der Waals surface area contributed by atoms with E-state index >= 15 is 0 Å². The fraction of sp³-hybridized carbons (Fsp3) is 0.278. The first-order chi connectivity index (χ1) is 11.3. The van der Waals surface area contributed by atoms with Gasteiger partial charge in [0.1, 0.15) is 0 Å². The van der Waals surface area contributed by atoms with Gasteiger partial charge in [0.15, 0.2) is 9.84 Å². The van der Waals surface area contributed by atoms with E-state index in [1.807, 2.05) is 19.1 Å². The van der Waals surface area contributed by atoms with Crippen molar-refractivity contribution in [1.82, 2.24) is 0 Å². The van der Waals surface area contributed by atoms with Gasteiger partial charge in [-0.05, 0) is 49.6 Å². The second-order valence-corrected chi connectivity index (χ2v) is 8.50. The maximum Gasteiger partial charge on any atom is 0.258 e. The molecule has 24 heavy (non-hydrogen) atoms. The van der Waals surface area contributed by atoms with E-state index in [-0.39, 0.29) is 15.8 Å². The number of anilines is 1. The fourth-order valence-corrected chi connectivity index (χ4v) is 4.31. The van der Waals surface area contributed by atoms with Crippen molar-refractivity contribution in [3.8, 4) is 0 Å². The quantitative estimate of drug-likeness (QED) is 0.818. The molecule has 1 aliphatic rings. The molecule has 0 N–H and O–H groups in total. The predicted molar refractivity (Wildman–Crippen MR) is 95.7 cm³/mol. The lowest BCUT2D eigenvalue weighted by atomic mass is 9.99. The Morgan fingerprint density at radius 1 is 1.17 bits per heavy atom. The number of fused-ring (bicyclic) bond motifs is 1. The Balaban J connectivity index is 2.03. The van der Waals surface area contributed by atoms with Crippen LogP contribution < -0.4 is 4.90 Å². The zero-order chi connectivity index (χ0) is 17.5. The minimum atomic E-state index is -3.49. The maximum absolute atomic E-state index is 12.9. The summed E-state index contributed by atoms with van der Waals surface area (Å²) in [7, 11) is -3.49. The van der Waals surface area contributed by atoms with Crippen molar-refractivity contribution in [2.24, 2.45) is 0 Å². The van der Waals surface area contributed by atoms with Crippen LogP contribution in [0.3, 0.4) is 0 Å². The summed E-state index contributed by atoms with van der Waals surface area (Å²) in [6, 6.07) is 10.4. The number of amides is 1. The monoisotopic (exact) mass is 363 g/mol. The van der Waals surface area contributed by atoms with E-state index < -0.39 is 9.84 Å². The Morgan fingerprint density at radius 2 is 1.92 bits per heavy atom. The zero-order valence-electron chi connectivity index (χ0n) is 13.5. The Bertz CT molecular complexity index is 922. The van der Waals surface area contributed by atoms with E-state index in [1.165, 1.54) is 12.1 Å². The SMILES string of the molecule is Cc1ccc2c(c1)CCCN2C(=O)c1ccc(Cl)c(S(C)(=O)=O)c1. The number of benzene rings is 2. The average Bonchev–Trinajstić information content (AvgIpc) is 2.52. The van der Waals surface area contributed by atoms with Crippen molar-refractivity contribution >= 4 is 33.0 Å². The topological polar surface area (TPSA) is 54.5 Å². The van der Waals surface area contributed by atoms with Crippen LogP contribution in [0.2, 0.25) is 5.02 Å². The van der Waals surface area contributed by atoms with Crippen LogP contribution in [0.1, 0.15) is 27.9 Å². The molecule has 126 valence electrons. The second-order valence-electron chi connectivity index (χ2n) is 6.11. The molecule has 0 atom stereocenters. The molecule has 0 unspecified atom stereocenters. The van der Waals surface area contributed by atoms with Gasteiger partial charge in [0.25, 0.3) is 5.91 Å². The number of hydrogen-bond acceptors (Lipinski definition) is 3. The van der Waals surface area contributed by atoms with E-state index in [4.69, 9.17) is 11.6 Å². The lowest BCUT2D eigenvalue weighted by Gasteiger charge is -2.30. The lowest BCUT2D eigenvalue weighted by Crippen LogP contribution is -2.35. The molecule has 0 radical (unpaired) electrons. The van der Waals surface area contributed by atoms with Crippen molar-refractivity contribution < 1.29 is 13.2 Å². The van der Waals surface area contributed by atoms with Crippen LogP contribution >= 0.6 is 11.6 Å². The molecule has 1 amide bonds. The van der Waals surface area contributed by atoms with Crippen LogP contribution in [0, 0.1) is 6.92 Å². The summed E-state index contributed by atoms with van der Waals surface area (Å²) in [4.78, 5) is 14.6. The predicted octanol–water partition coefficient (Wildman–Crippen LogP) is 3.64. The van der Waals surface area contributed by atoms with Crippen LogP contribution in [-0.2, 0) is 16.3 Å². The van der Waals surface area contributed by atoms with Crippen molar-refractivity contribution in [3.63, 3.8) is 0 Å². The third-order valence-corrected chi connectivity index (χ3v) is 5.75. The van der Waals surface area contributed by atoms with Crippen molar-refractivity contribution in [1.29, 1.82) is 0 Å². The van der Waals surface area contributed by atoms with Crippen molar-refractivity contribution in [3.05, 3.63) is 58.1 Å². The Labute approximate surface area is 147 Å². The molecule has 0 saturated heterocycles. The molecule has 2 aromatic rings. The minimum Gasteiger partial charge on any atom is -0.308 e. The van der Waals surface area contributed by atoms with Crippen molar-refractivity contribution in [2.75, 3.05) is 17.7 Å². The molecule has 3 rings (SSSR count). The Kier molecular flexibility index (Phi) is 4.40. The number of rotatable bonds is 2. The highest BCUT2D eigenvalue weighted by Gasteiger charge is 2.25. The lowest BCUT2D eigenvalue weighted by molar-refractivity contribution is 0.0985. The van der Waals surface area contributed by atoms with Gasteiger partial charge in [-0.2, -0.15) is 0 Å². The van der Waals surface area contributed by atoms with Gasteiger partial charge < -0.3 is 4.90 Å². The molecule has 0 aromatic heterocycles. The molecule has 6 heteroatoms. The molecule has 4 nitrogen and oxygen atoms in total. The number of carbonyl (C=O) groups is 1. The smallest absolute Gasteiger partial charge is 0.258 e. The summed E-state index contributed by atoms with van der Waals surface area (Å²) < 4.78 is 23.7. The summed E-state index contributed by atoms with van der Waals surface area (Å²) in [6.45, 7) is 2.64. The van der Waals surface area contributed by atoms with Crippen LogP contribution in [0.5, 0.6) is 0 Å². The highest BCUT2D eigenvalue weighted by molar-refractivity contribution is 7.90. The number of aryl methyl sites for hydroxylation is 2. The number of carbonyl (C=O) groups excluding carboxylic acids is 1. The van der Waals surface area contributed by atoms with Gasteiger partial charge in [-0.25, -0.2) is 8.42 Å². The Morgan fingerprint density at radius 3 is 2.62 bits per heavy atom. The van der Waals surface area contributed by atoms with Gasteiger partial charge in [0, 0.05) is 24.1 Å². The summed E-state index contributed by atoms with van der Waals surface area (Å²) in [5.74, 6) is -0.207. The highest BCUT2D eigenvalue weighted by Crippen LogP contribution is 2.30. The first-order valence-electron chi connectivity index (χ1n) is 7.68. The Hall–Kier alpha value is -1.85. The second kappa shape index (κ2) is 6.22. The van der Waals surface area contributed by atoms with E-state index in [9.17, 15) is 13.2 Å².